The number of alkyl carbamates (subject to hydrolysis) is 1. The number of nitrogens with zero attached hydrogens (tertiary/aromatic N) is 4. The van der Waals surface area contributed by atoms with Crippen molar-refractivity contribution in [3.8, 4) is 22.4 Å². The number of hydrogen-bond acceptors (Lipinski definition) is 8. The summed E-state index contributed by atoms with van der Waals surface area (Å²) in [6, 6.07) is 15.3. The standard InChI is InChI=1S/C39H47ClN8O4/c1-22(2)35(46-39(51)52-6)38(50)47-15-7-8-33(47)36-43-20-32(44-36)27-11-9-26(10-12-27)29-17-30(40)31(16-23(29)3)45-37(49)28-13-14-34(42-19-28)48-21-24(4)41-18-25(48)5/h9-14,16-17,19-20,22,24-25,33,35,41H,7-8,15,18,21H2,1-6H3,(H,43,44)(H,45,49)(H,46,51)/t24-,25+,33-,35-/m0/s1. The van der Waals surface area contributed by atoms with Gasteiger partial charge in [0.2, 0.25) is 5.91 Å². The summed E-state index contributed by atoms with van der Waals surface area (Å²) in [6.07, 6.45) is 4.45. The fraction of sp³-hybridized carbons (Fsp3) is 0.410. The molecule has 6 rings (SSSR count). The highest BCUT2D eigenvalue weighted by atomic mass is 35.5. The van der Waals surface area contributed by atoms with Gasteiger partial charge in [0, 0.05) is 49.7 Å². The van der Waals surface area contributed by atoms with Crippen LogP contribution in [0, 0.1) is 12.8 Å². The molecule has 0 radical (unpaired) electrons. The van der Waals surface area contributed by atoms with Gasteiger partial charge < -0.3 is 35.5 Å². The van der Waals surface area contributed by atoms with E-state index in [-0.39, 0.29) is 23.8 Å². The van der Waals surface area contributed by atoms with Gasteiger partial charge >= 0.3 is 6.09 Å². The van der Waals surface area contributed by atoms with Gasteiger partial charge in [0.1, 0.15) is 17.7 Å². The molecule has 0 spiro atoms. The minimum absolute atomic E-state index is 0.108. The first-order chi connectivity index (χ1) is 24.9. The minimum Gasteiger partial charge on any atom is -0.453 e. The third-order valence-corrected chi connectivity index (χ3v) is 10.3. The quantitative estimate of drug-likeness (QED) is 0.151. The van der Waals surface area contributed by atoms with Crippen LogP contribution < -0.4 is 20.9 Å². The molecule has 0 saturated carbocycles. The minimum atomic E-state index is -0.692. The van der Waals surface area contributed by atoms with Crippen molar-refractivity contribution in [3.05, 3.63) is 82.9 Å². The fourth-order valence-electron chi connectivity index (χ4n) is 6.98. The van der Waals surface area contributed by atoms with Crippen LogP contribution in [-0.4, -0.2) is 82.6 Å². The second-order valence-corrected chi connectivity index (χ2v) is 14.5. The SMILES string of the molecule is COC(=O)N[C@H](C(=O)N1CCC[C@H]1c1nc(-c2ccc(-c3cc(Cl)c(NC(=O)c4ccc(N5C[C@H](C)NC[C@H]5C)nc4)cc3C)cc2)c[nH]1)C(C)C. The number of carbonyl (C=O) groups is 3. The summed E-state index contributed by atoms with van der Waals surface area (Å²) in [4.78, 5) is 55.4. The molecule has 0 aliphatic carbocycles. The highest BCUT2D eigenvalue weighted by Gasteiger charge is 2.37. The zero-order chi connectivity index (χ0) is 37.1. The molecule has 2 aliphatic rings. The lowest BCUT2D eigenvalue weighted by atomic mass is 9.98. The summed E-state index contributed by atoms with van der Waals surface area (Å²) < 4.78 is 4.75. The number of halogens is 1. The zero-order valence-corrected chi connectivity index (χ0v) is 31.3. The van der Waals surface area contributed by atoms with E-state index in [9.17, 15) is 14.4 Å². The van der Waals surface area contributed by atoms with Crippen LogP contribution in [0.2, 0.25) is 5.02 Å². The number of imidazole rings is 1. The van der Waals surface area contributed by atoms with E-state index in [1.165, 1.54) is 7.11 Å². The smallest absolute Gasteiger partial charge is 0.407 e. The lowest BCUT2D eigenvalue weighted by Crippen LogP contribution is -2.54. The van der Waals surface area contributed by atoms with E-state index < -0.39 is 12.1 Å². The van der Waals surface area contributed by atoms with Crippen LogP contribution in [0.15, 0.2) is 60.9 Å². The van der Waals surface area contributed by atoms with E-state index in [2.05, 4.69) is 44.7 Å². The van der Waals surface area contributed by atoms with Crippen molar-refractivity contribution >= 4 is 41.0 Å². The van der Waals surface area contributed by atoms with Gasteiger partial charge in [-0.25, -0.2) is 14.8 Å². The van der Waals surface area contributed by atoms with Gasteiger partial charge in [-0.2, -0.15) is 0 Å². The molecule has 2 aromatic carbocycles. The molecule has 274 valence electrons. The molecule has 0 bridgehead atoms. The van der Waals surface area contributed by atoms with Gasteiger partial charge in [-0.05, 0) is 80.5 Å². The van der Waals surface area contributed by atoms with E-state index >= 15 is 0 Å². The van der Waals surface area contributed by atoms with Gasteiger partial charge in [0.05, 0.1) is 35.1 Å². The van der Waals surface area contributed by atoms with E-state index in [1.54, 1.807) is 17.2 Å². The van der Waals surface area contributed by atoms with Crippen molar-refractivity contribution in [2.24, 2.45) is 5.92 Å². The van der Waals surface area contributed by atoms with Crippen molar-refractivity contribution in [2.75, 3.05) is 37.0 Å². The number of nitrogens with one attached hydrogen (secondary N) is 4. The number of aryl methyl sites for hydroxylation is 1. The largest absolute Gasteiger partial charge is 0.453 e. The van der Waals surface area contributed by atoms with Gasteiger partial charge in [-0.3, -0.25) is 9.59 Å². The maximum atomic E-state index is 13.5. The Hall–Kier alpha value is -4.94. The second kappa shape index (κ2) is 15.7. The van der Waals surface area contributed by atoms with Gasteiger partial charge in [0.25, 0.3) is 5.91 Å². The van der Waals surface area contributed by atoms with Crippen LogP contribution in [0.3, 0.4) is 0 Å². The number of hydrogen-bond donors (Lipinski definition) is 4. The molecule has 3 amide bonds. The number of piperazine rings is 1. The number of carbonyl (C=O) groups excluding carboxylic acids is 3. The highest BCUT2D eigenvalue weighted by molar-refractivity contribution is 6.34. The molecule has 4 atom stereocenters. The number of ether oxygens (including phenoxy) is 1. The summed E-state index contributed by atoms with van der Waals surface area (Å²) in [7, 11) is 1.29. The Bertz CT molecular complexity index is 1910. The third-order valence-electron chi connectivity index (χ3n) is 9.96. The van der Waals surface area contributed by atoms with Gasteiger partial charge in [-0.15, -0.1) is 0 Å². The molecule has 2 fully saturated rings. The van der Waals surface area contributed by atoms with E-state index in [4.69, 9.17) is 21.3 Å². The predicted octanol–water partition coefficient (Wildman–Crippen LogP) is 6.58. The normalized spacial score (nSPS) is 19.4. The Labute approximate surface area is 309 Å². The molecule has 13 heteroatoms. The number of amides is 3. The fourth-order valence-corrected chi connectivity index (χ4v) is 7.19. The first-order valence-corrected chi connectivity index (χ1v) is 18.2. The second-order valence-electron chi connectivity index (χ2n) is 14.1. The molecular formula is C39H47ClN8O4. The Morgan fingerprint density at radius 3 is 2.50 bits per heavy atom. The predicted molar refractivity (Wildman–Crippen MR) is 204 cm³/mol. The lowest BCUT2D eigenvalue weighted by molar-refractivity contribution is -0.135. The van der Waals surface area contributed by atoms with Crippen molar-refractivity contribution in [1.82, 2.24) is 30.5 Å². The number of aromatic nitrogens is 3. The van der Waals surface area contributed by atoms with Crippen molar-refractivity contribution in [3.63, 3.8) is 0 Å². The maximum Gasteiger partial charge on any atom is 0.407 e. The van der Waals surface area contributed by atoms with Crippen LogP contribution in [0.25, 0.3) is 22.4 Å². The molecule has 4 aromatic rings. The lowest BCUT2D eigenvalue weighted by Gasteiger charge is -2.38. The Balaban J connectivity index is 1.12. The number of likely N-dealkylation sites (tertiary alicyclic amines) is 1. The summed E-state index contributed by atoms with van der Waals surface area (Å²) in [5.74, 6) is 1.03. The van der Waals surface area contributed by atoms with Crippen LogP contribution in [0.5, 0.6) is 0 Å². The number of pyridine rings is 1. The number of benzene rings is 2. The number of methoxy groups -OCH3 is 1. The number of rotatable bonds is 9. The molecule has 2 saturated heterocycles. The molecule has 4 heterocycles. The summed E-state index contributed by atoms with van der Waals surface area (Å²) >= 11 is 6.72. The Morgan fingerprint density at radius 1 is 1.06 bits per heavy atom. The van der Waals surface area contributed by atoms with Gasteiger partial charge in [0.15, 0.2) is 0 Å². The summed E-state index contributed by atoms with van der Waals surface area (Å²) in [6.45, 7) is 12.4. The van der Waals surface area contributed by atoms with Gasteiger partial charge in [-0.1, -0.05) is 49.7 Å². The zero-order valence-electron chi connectivity index (χ0n) is 30.5. The molecule has 52 heavy (non-hydrogen) atoms. The summed E-state index contributed by atoms with van der Waals surface area (Å²) in [5, 5.41) is 9.55. The average Bonchev–Trinajstić information content (AvgIpc) is 3.83. The average molecular weight is 727 g/mol. The number of anilines is 2. The van der Waals surface area contributed by atoms with Crippen LogP contribution >= 0.6 is 11.6 Å². The molecule has 4 N–H and O–H groups in total. The Kier molecular flexibility index (Phi) is 11.2. The maximum absolute atomic E-state index is 13.5. The number of H-pyrrole nitrogens is 1. The first kappa shape index (κ1) is 36.8. The van der Waals surface area contributed by atoms with Crippen LogP contribution in [-0.2, 0) is 9.53 Å². The summed E-state index contributed by atoms with van der Waals surface area (Å²) in [5.41, 5.74) is 5.54. The molecule has 2 aliphatic heterocycles. The Morgan fingerprint density at radius 2 is 1.81 bits per heavy atom. The van der Waals surface area contributed by atoms with Crippen LogP contribution in [0.4, 0.5) is 16.3 Å². The third kappa shape index (κ3) is 7.93. The van der Waals surface area contributed by atoms with Crippen molar-refractivity contribution < 1.29 is 19.1 Å². The van der Waals surface area contributed by atoms with E-state index in [1.807, 2.05) is 69.4 Å². The van der Waals surface area contributed by atoms with E-state index in [0.29, 0.717) is 40.7 Å². The molecular weight excluding hydrogens is 680 g/mol. The highest BCUT2D eigenvalue weighted by Crippen LogP contribution is 2.35. The van der Waals surface area contributed by atoms with Crippen LogP contribution in [0.1, 0.15) is 68.3 Å². The van der Waals surface area contributed by atoms with Crippen molar-refractivity contribution in [1.29, 1.82) is 0 Å². The van der Waals surface area contributed by atoms with Crippen molar-refractivity contribution in [2.45, 2.75) is 71.6 Å². The topological polar surface area (TPSA) is 145 Å². The first-order valence-electron chi connectivity index (χ1n) is 17.8. The monoisotopic (exact) mass is 726 g/mol. The van der Waals surface area contributed by atoms with E-state index in [0.717, 1.165) is 59.7 Å². The molecule has 0 unspecified atom stereocenters. The number of aromatic amines is 1. The molecule has 2 aromatic heterocycles. The molecule has 12 nitrogen and oxygen atoms in total.